The van der Waals surface area contributed by atoms with Crippen LogP contribution in [0.1, 0.15) is 18.1 Å². The Bertz CT molecular complexity index is 659. The molecule has 0 radical (unpaired) electrons. The zero-order chi connectivity index (χ0) is 15.9. The van der Waals surface area contributed by atoms with Gasteiger partial charge in [-0.2, -0.15) is 0 Å². The van der Waals surface area contributed by atoms with Gasteiger partial charge in [-0.1, -0.05) is 24.3 Å². The maximum atomic E-state index is 13.2. The average Bonchev–Trinajstić information content (AvgIpc) is 2.49. The Morgan fingerprint density at radius 2 is 2.00 bits per heavy atom. The maximum Gasteiger partial charge on any atom is 0.319 e. The number of hydrogen-bond acceptors (Lipinski definition) is 2. The third kappa shape index (κ3) is 4.22. The minimum Gasteiger partial charge on any atom is -0.492 e. The SMILES string of the molecule is CCOc1cc(F)ccc1NC(=O)NCc1ccccc1C. The molecule has 0 unspecified atom stereocenters. The van der Waals surface area contributed by atoms with Gasteiger partial charge in [0.15, 0.2) is 0 Å². The first-order chi connectivity index (χ1) is 10.6. The van der Waals surface area contributed by atoms with E-state index in [0.717, 1.165) is 11.1 Å². The summed E-state index contributed by atoms with van der Waals surface area (Å²) in [5.74, 6) is -0.0946. The van der Waals surface area contributed by atoms with Gasteiger partial charge in [-0.15, -0.1) is 0 Å². The Labute approximate surface area is 129 Å². The van der Waals surface area contributed by atoms with Gasteiger partial charge >= 0.3 is 6.03 Å². The highest BCUT2D eigenvalue weighted by Crippen LogP contribution is 2.25. The van der Waals surface area contributed by atoms with Crippen molar-refractivity contribution >= 4 is 11.7 Å². The third-order valence-corrected chi connectivity index (χ3v) is 3.19. The number of benzene rings is 2. The van der Waals surface area contributed by atoms with E-state index in [1.54, 1.807) is 6.92 Å². The number of anilines is 1. The van der Waals surface area contributed by atoms with Crippen molar-refractivity contribution in [3.8, 4) is 5.75 Å². The van der Waals surface area contributed by atoms with Crippen LogP contribution in [0.4, 0.5) is 14.9 Å². The minimum absolute atomic E-state index is 0.313. The molecule has 0 saturated carbocycles. The lowest BCUT2D eigenvalue weighted by Crippen LogP contribution is -2.28. The molecule has 2 rings (SSSR count). The van der Waals surface area contributed by atoms with Gasteiger partial charge in [0.1, 0.15) is 11.6 Å². The second-order valence-corrected chi connectivity index (χ2v) is 4.81. The van der Waals surface area contributed by atoms with E-state index >= 15 is 0 Å². The number of carbonyl (C=O) groups excluding carboxylic acids is 1. The number of hydrogen-bond donors (Lipinski definition) is 2. The number of ether oxygens (including phenoxy) is 1. The second-order valence-electron chi connectivity index (χ2n) is 4.81. The number of aryl methyl sites for hydroxylation is 1. The Morgan fingerprint density at radius 1 is 1.23 bits per heavy atom. The molecule has 0 aliphatic carbocycles. The highest BCUT2D eigenvalue weighted by Gasteiger charge is 2.09. The molecule has 0 fully saturated rings. The van der Waals surface area contributed by atoms with Crippen LogP contribution in [0.2, 0.25) is 0 Å². The monoisotopic (exact) mass is 302 g/mol. The van der Waals surface area contributed by atoms with E-state index in [-0.39, 0.29) is 6.03 Å². The molecular weight excluding hydrogens is 283 g/mol. The second kappa shape index (κ2) is 7.45. The van der Waals surface area contributed by atoms with E-state index in [2.05, 4.69) is 10.6 Å². The van der Waals surface area contributed by atoms with E-state index in [9.17, 15) is 9.18 Å². The molecule has 5 heteroatoms. The zero-order valence-corrected chi connectivity index (χ0v) is 12.7. The number of amides is 2. The first-order valence-corrected chi connectivity index (χ1v) is 7.12. The average molecular weight is 302 g/mol. The standard InChI is InChI=1S/C17H19FN2O2/c1-3-22-16-10-14(18)8-9-15(16)20-17(21)19-11-13-7-5-4-6-12(13)2/h4-10H,3,11H2,1-2H3,(H2,19,20,21). The fraction of sp³-hybridized carbons (Fsp3) is 0.235. The van der Waals surface area contributed by atoms with Crippen molar-refractivity contribution in [1.82, 2.24) is 5.32 Å². The smallest absolute Gasteiger partial charge is 0.319 e. The molecular formula is C17H19FN2O2. The van der Waals surface area contributed by atoms with Gasteiger partial charge in [-0.05, 0) is 37.1 Å². The van der Waals surface area contributed by atoms with Crippen molar-refractivity contribution in [3.05, 3.63) is 59.4 Å². The van der Waals surface area contributed by atoms with Crippen LogP contribution in [0.3, 0.4) is 0 Å². The fourth-order valence-corrected chi connectivity index (χ4v) is 2.02. The van der Waals surface area contributed by atoms with Crippen LogP contribution in [0, 0.1) is 12.7 Å². The molecule has 22 heavy (non-hydrogen) atoms. The highest BCUT2D eigenvalue weighted by atomic mass is 19.1. The van der Waals surface area contributed by atoms with Crippen molar-refractivity contribution in [2.45, 2.75) is 20.4 Å². The summed E-state index contributed by atoms with van der Waals surface area (Å²) in [7, 11) is 0. The summed E-state index contributed by atoms with van der Waals surface area (Å²) in [6, 6.07) is 11.5. The van der Waals surface area contributed by atoms with E-state index in [0.29, 0.717) is 24.6 Å². The molecule has 2 amide bonds. The molecule has 116 valence electrons. The Balaban J connectivity index is 1.99. The van der Waals surface area contributed by atoms with Gasteiger partial charge in [0.25, 0.3) is 0 Å². The summed E-state index contributed by atoms with van der Waals surface area (Å²) in [5, 5.41) is 5.44. The summed E-state index contributed by atoms with van der Waals surface area (Å²) in [6.07, 6.45) is 0. The largest absolute Gasteiger partial charge is 0.492 e. The molecule has 0 spiro atoms. The van der Waals surface area contributed by atoms with Crippen molar-refractivity contribution in [1.29, 1.82) is 0 Å². The lowest BCUT2D eigenvalue weighted by molar-refractivity contribution is 0.251. The molecule has 0 atom stereocenters. The van der Waals surface area contributed by atoms with Crippen LogP contribution >= 0.6 is 0 Å². The Kier molecular flexibility index (Phi) is 5.36. The van der Waals surface area contributed by atoms with Gasteiger partial charge in [0.05, 0.1) is 12.3 Å². The van der Waals surface area contributed by atoms with Crippen LogP contribution in [0.15, 0.2) is 42.5 Å². The van der Waals surface area contributed by atoms with Crippen LogP contribution in [0.5, 0.6) is 5.75 Å². The number of rotatable bonds is 5. The molecule has 2 N–H and O–H groups in total. The van der Waals surface area contributed by atoms with E-state index in [1.807, 2.05) is 31.2 Å². The van der Waals surface area contributed by atoms with Gasteiger partial charge in [-0.25, -0.2) is 9.18 Å². The van der Waals surface area contributed by atoms with E-state index in [4.69, 9.17) is 4.74 Å². The number of halogens is 1. The van der Waals surface area contributed by atoms with Crippen LogP contribution in [0.25, 0.3) is 0 Å². The Hall–Kier alpha value is -2.56. The summed E-state index contributed by atoms with van der Waals surface area (Å²) >= 11 is 0. The maximum absolute atomic E-state index is 13.2. The number of urea groups is 1. The number of carbonyl (C=O) groups is 1. The summed E-state index contributed by atoms with van der Waals surface area (Å²) in [5.41, 5.74) is 2.59. The summed E-state index contributed by atoms with van der Waals surface area (Å²) in [6.45, 7) is 4.60. The summed E-state index contributed by atoms with van der Waals surface area (Å²) < 4.78 is 18.5. The van der Waals surface area contributed by atoms with Crippen molar-refractivity contribution in [2.24, 2.45) is 0 Å². The lowest BCUT2D eigenvalue weighted by atomic mass is 10.1. The molecule has 2 aromatic carbocycles. The molecule has 2 aromatic rings. The third-order valence-electron chi connectivity index (χ3n) is 3.19. The predicted molar refractivity (Wildman–Crippen MR) is 84.6 cm³/mol. The Morgan fingerprint density at radius 3 is 2.73 bits per heavy atom. The number of nitrogens with one attached hydrogen (secondary N) is 2. The fourth-order valence-electron chi connectivity index (χ4n) is 2.02. The first kappa shape index (κ1) is 15.8. The quantitative estimate of drug-likeness (QED) is 0.881. The topological polar surface area (TPSA) is 50.4 Å². The highest BCUT2D eigenvalue weighted by molar-refractivity contribution is 5.90. The van der Waals surface area contributed by atoms with Gasteiger partial charge < -0.3 is 15.4 Å². The lowest BCUT2D eigenvalue weighted by Gasteiger charge is -2.13. The van der Waals surface area contributed by atoms with Gasteiger partial charge in [-0.3, -0.25) is 0 Å². The van der Waals surface area contributed by atoms with Crippen LogP contribution in [-0.4, -0.2) is 12.6 Å². The van der Waals surface area contributed by atoms with Gasteiger partial charge in [0.2, 0.25) is 0 Å². The summed E-state index contributed by atoms with van der Waals surface area (Å²) in [4.78, 5) is 12.0. The molecule has 4 nitrogen and oxygen atoms in total. The minimum atomic E-state index is -0.408. The predicted octanol–water partition coefficient (Wildman–Crippen LogP) is 3.85. The molecule has 0 aromatic heterocycles. The first-order valence-electron chi connectivity index (χ1n) is 7.12. The van der Waals surface area contributed by atoms with E-state index in [1.165, 1.54) is 18.2 Å². The molecule has 0 saturated heterocycles. The van der Waals surface area contributed by atoms with Crippen LogP contribution < -0.4 is 15.4 Å². The van der Waals surface area contributed by atoms with Crippen molar-refractivity contribution in [2.75, 3.05) is 11.9 Å². The van der Waals surface area contributed by atoms with Gasteiger partial charge in [0, 0.05) is 12.6 Å². The molecule has 0 aliphatic rings. The van der Waals surface area contributed by atoms with E-state index < -0.39 is 5.82 Å². The molecule has 0 aliphatic heterocycles. The zero-order valence-electron chi connectivity index (χ0n) is 12.7. The molecule has 0 heterocycles. The van der Waals surface area contributed by atoms with Crippen LogP contribution in [-0.2, 0) is 6.54 Å². The van der Waals surface area contributed by atoms with Crippen molar-refractivity contribution in [3.63, 3.8) is 0 Å². The molecule has 0 bridgehead atoms. The normalized spacial score (nSPS) is 10.1. The van der Waals surface area contributed by atoms with Crippen molar-refractivity contribution < 1.29 is 13.9 Å².